The maximum atomic E-state index is 13.1. The van der Waals surface area contributed by atoms with Gasteiger partial charge in [-0.15, -0.1) is 0 Å². The lowest BCUT2D eigenvalue weighted by molar-refractivity contribution is -0.144. The van der Waals surface area contributed by atoms with Crippen LogP contribution >= 0.6 is 11.6 Å². The maximum absolute atomic E-state index is 13.1. The molecule has 1 N–H and O–H groups in total. The number of nitrogens with zero attached hydrogens (tertiary/aromatic N) is 2. The summed E-state index contributed by atoms with van der Waals surface area (Å²) < 4.78 is 13.1. The first-order chi connectivity index (χ1) is 10.4. The van der Waals surface area contributed by atoms with Gasteiger partial charge in [0, 0.05) is 18.8 Å². The van der Waals surface area contributed by atoms with Gasteiger partial charge in [0.15, 0.2) is 0 Å². The molecule has 5 nitrogen and oxygen atoms in total. The number of benzene rings is 1. The molecule has 0 radical (unpaired) electrons. The topological polar surface area (TPSA) is 52.7 Å². The number of piperidine rings is 1. The first kappa shape index (κ1) is 16.7. The van der Waals surface area contributed by atoms with Crippen LogP contribution in [-0.4, -0.2) is 54.8 Å². The third kappa shape index (κ3) is 3.96. The minimum Gasteiger partial charge on any atom is -0.334 e. The number of hydrogen-bond acceptors (Lipinski definition) is 3. The van der Waals surface area contributed by atoms with Crippen molar-refractivity contribution in [3.63, 3.8) is 0 Å². The Bertz CT molecular complexity index is 574. The number of anilines is 1. The largest absolute Gasteiger partial charge is 0.334 e. The molecule has 7 heteroatoms. The molecule has 2 amide bonds. The van der Waals surface area contributed by atoms with E-state index in [9.17, 15) is 14.0 Å². The van der Waals surface area contributed by atoms with Crippen molar-refractivity contribution in [1.82, 2.24) is 9.80 Å². The van der Waals surface area contributed by atoms with Crippen LogP contribution in [0.15, 0.2) is 18.2 Å². The summed E-state index contributed by atoms with van der Waals surface area (Å²) in [5, 5.41) is 2.34. The van der Waals surface area contributed by atoms with E-state index in [1.54, 1.807) is 7.05 Å². The average molecular weight is 328 g/mol. The fourth-order valence-corrected chi connectivity index (χ4v) is 2.65. The van der Waals surface area contributed by atoms with Crippen LogP contribution in [0.4, 0.5) is 10.1 Å². The summed E-state index contributed by atoms with van der Waals surface area (Å²) in [6.07, 6.45) is 1.68. The molecule has 120 valence electrons. The molecule has 1 aromatic rings. The molecule has 1 saturated heterocycles. The van der Waals surface area contributed by atoms with E-state index < -0.39 is 17.6 Å². The van der Waals surface area contributed by atoms with E-state index in [1.165, 1.54) is 17.0 Å². The van der Waals surface area contributed by atoms with Crippen LogP contribution in [0.2, 0.25) is 5.02 Å². The zero-order valence-electron chi connectivity index (χ0n) is 12.6. The van der Waals surface area contributed by atoms with Gasteiger partial charge < -0.3 is 15.1 Å². The minimum atomic E-state index is -0.746. The molecule has 0 spiro atoms. The predicted molar refractivity (Wildman–Crippen MR) is 83.3 cm³/mol. The van der Waals surface area contributed by atoms with Crippen LogP contribution in [0.25, 0.3) is 0 Å². The second kappa shape index (κ2) is 7.07. The van der Waals surface area contributed by atoms with Crippen molar-refractivity contribution >= 4 is 29.1 Å². The normalized spacial score (nSPS) is 16.4. The molecule has 0 saturated carbocycles. The molecule has 1 aliphatic heterocycles. The number of rotatable bonds is 2. The van der Waals surface area contributed by atoms with Crippen LogP contribution in [0.1, 0.15) is 12.8 Å². The van der Waals surface area contributed by atoms with E-state index in [1.807, 2.05) is 7.05 Å². The van der Waals surface area contributed by atoms with Crippen LogP contribution in [-0.2, 0) is 9.59 Å². The van der Waals surface area contributed by atoms with Gasteiger partial charge in [-0.3, -0.25) is 9.59 Å². The Morgan fingerprint density at radius 3 is 2.59 bits per heavy atom. The lowest BCUT2D eigenvalue weighted by Gasteiger charge is -2.34. The highest BCUT2D eigenvalue weighted by molar-refractivity contribution is 6.39. The number of amides is 2. The lowest BCUT2D eigenvalue weighted by Crippen LogP contribution is -2.47. The summed E-state index contributed by atoms with van der Waals surface area (Å²) in [6.45, 7) is 1.80. The first-order valence-corrected chi connectivity index (χ1v) is 7.48. The molecule has 0 bridgehead atoms. The van der Waals surface area contributed by atoms with E-state index in [4.69, 9.17) is 11.6 Å². The van der Waals surface area contributed by atoms with Crippen molar-refractivity contribution < 1.29 is 14.0 Å². The molecular weight excluding hydrogens is 309 g/mol. The number of likely N-dealkylation sites (tertiary alicyclic amines) is 1. The monoisotopic (exact) mass is 327 g/mol. The van der Waals surface area contributed by atoms with Gasteiger partial charge >= 0.3 is 11.8 Å². The predicted octanol–water partition coefficient (Wildman–Crippen LogP) is 1.97. The Kier molecular flexibility index (Phi) is 5.37. The third-order valence-corrected chi connectivity index (χ3v) is 4.22. The quantitative estimate of drug-likeness (QED) is 0.845. The standard InChI is InChI=1S/C15H19ClFN3O2/c1-19-7-5-11(6-8-19)20(2)15(22)14(21)18-10-3-4-13(17)12(16)9-10/h3-4,9,11H,5-8H2,1-2H3,(H,18,21). The zero-order valence-corrected chi connectivity index (χ0v) is 13.4. The summed E-state index contributed by atoms with van der Waals surface area (Å²) in [6, 6.07) is 3.84. The van der Waals surface area contributed by atoms with Gasteiger partial charge in [0.25, 0.3) is 0 Å². The number of likely N-dealkylation sites (N-methyl/N-ethyl adjacent to an activating group) is 1. The molecule has 22 heavy (non-hydrogen) atoms. The summed E-state index contributed by atoms with van der Waals surface area (Å²) >= 11 is 5.65. The maximum Gasteiger partial charge on any atom is 0.313 e. The van der Waals surface area contributed by atoms with Crippen LogP contribution in [0.3, 0.4) is 0 Å². The van der Waals surface area contributed by atoms with Crippen molar-refractivity contribution in [2.45, 2.75) is 18.9 Å². The Balaban J connectivity index is 1.96. The molecule has 2 rings (SSSR count). The van der Waals surface area contributed by atoms with Gasteiger partial charge in [0.05, 0.1) is 5.02 Å². The van der Waals surface area contributed by atoms with Crippen LogP contribution < -0.4 is 5.32 Å². The van der Waals surface area contributed by atoms with Crippen molar-refractivity contribution in [1.29, 1.82) is 0 Å². The van der Waals surface area contributed by atoms with Crippen molar-refractivity contribution in [3.05, 3.63) is 29.0 Å². The zero-order chi connectivity index (χ0) is 16.3. The van der Waals surface area contributed by atoms with E-state index >= 15 is 0 Å². The summed E-state index contributed by atoms with van der Waals surface area (Å²) in [5.41, 5.74) is 0.293. The van der Waals surface area contributed by atoms with E-state index in [0.29, 0.717) is 5.69 Å². The van der Waals surface area contributed by atoms with E-state index in [-0.39, 0.29) is 11.1 Å². The van der Waals surface area contributed by atoms with Gasteiger partial charge in [-0.1, -0.05) is 11.6 Å². The first-order valence-electron chi connectivity index (χ1n) is 7.10. The highest BCUT2D eigenvalue weighted by Crippen LogP contribution is 2.20. The molecular formula is C15H19ClFN3O2. The number of carbonyl (C=O) groups excluding carboxylic acids is 2. The molecule has 1 fully saturated rings. The van der Waals surface area contributed by atoms with Gasteiger partial charge in [0.2, 0.25) is 0 Å². The van der Waals surface area contributed by atoms with Gasteiger partial charge in [0.1, 0.15) is 5.82 Å². The van der Waals surface area contributed by atoms with Crippen LogP contribution in [0.5, 0.6) is 0 Å². The average Bonchev–Trinajstić information content (AvgIpc) is 2.50. The number of carbonyl (C=O) groups is 2. The van der Waals surface area contributed by atoms with Gasteiger partial charge in [-0.2, -0.15) is 0 Å². The highest BCUT2D eigenvalue weighted by Gasteiger charge is 2.27. The number of halogens is 2. The number of hydrogen-bond donors (Lipinski definition) is 1. The fraction of sp³-hybridized carbons (Fsp3) is 0.467. The molecule has 0 aliphatic carbocycles. The van der Waals surface area contributed by atoms with E-state index in [2.05, 4.69) is 10.2 Å². The summed E-state index contributed by atoms with van der Waals surface area (Å²) in [7, 11) is 3.67. The Labute approximate surface area is 134 Å². The third-order valence-electron chi connectivity index (χ3n) is 3.93. The second-order valence-corrected chi connectivity index (χ2v) is 5.94. The van der Waals surface area contributed by atoms with Crippen molar-refractivity contribution in [2.75, 3.05) is 32.5 Å². The summed E-state index contributed by atoms with van der Waals surface area (Å²) in [4.78, 5) is 27.9. The van der Waals surface area contributed by atoms with Crippen molar-refractivity contribution in [3.8, 4) is 0 Å². The van der Waals surface area contributed by atoms with Gasteiger partial charge in [-0.25, -0.2) is 4.39 Å². The Morgan fingerprint density at radius 1 is 1.36 bits per heavy atom. The summed E-state index contributed by atoms with van der Waals surface area (Å²) in [5.74, 6) is -1.92. The minimum absolute atomic E-state index is 0.0613. The highest BCUT2D eigenvalue weighted by atomic mass is 35.5. The Morgan fingerprint density at radius 2 is 2.00 bits per heavy atom. The van der Waals surface area contributed by atoms with Crippen molar-refractivity contribution in [2.24, 2.45) is 0 Å². The van der Waals surface area contributed by atoms with Gasteiger partial charge in [-0.05, 0) is 51.2 Å². The number of nitrogens with one attached hydrogen (secondary N) is 1. The fourth-order valence-electron chi connectivity index (χ4n) is 2.47. The Hall–Kier alpha value is -1.66. The van der Waals surface area contributed by atoms with Crippen LogP contribution in [0, 0.1) is 5.82 Å². The molecule has 0 unspecified atom stereocenters. The molecule has 1 heterocycles. The molecule has 0 atom stereocenters. The smallest absolute Gasteiger partial charge is 0.313 e. The van der Waals surface area contributed by atoms with E-state index in [0.717, 1.165) is 32.0 Å². The molecule has 1 aliphatic rings. The second-order valence-electron chi connectivity index (χ2n) is 5.53. The molecule has 1 aromatic carbocycles. The lowest BCUT2D eigenvalue weighted by atomic mass is 10.0. The SMILES string of the molecule is CN1CCC(N(C)C(=O)C(=O)Nc2ccc(F)c(Cl)c2)CC1. The molecule has 0 aromatic heterocycles.